The number of amides is 2. The first-order valence-electron chi connectivity index (χ1n) is 8.97. The van der Waals surface area contributed by atoms with Crippen LogP contribution in [0.2, 0.25) is 0 Å². The van der Waals surface area contributed by atoms with Gasteiger partial charge in [0.15, 0.2) is 6.61 Å². The molecular formula is C21H24N2O3. The maximum atomic E-state index is 12.4. The smallest absolute Gasteiger partial charge is 0.260 e. The van der Waals surface area contributed by atoms with Crippen LogP contribution in [0.25, 0.3) is 0 Å². The molecule has 1 aliphatic heterocycles. The van der Waals surface area contributed by atoms with Gasteiger partial charge in [-0.15, -0.1) is 0 Å². The van der Waals surface area contributed by atoms with Crippen molar-refractivity contribution in [2.75, 3.05) is 19.7 Å². The summed E-state index contributed by atoms with van der Waals surface area (Å²) in [4.78, 5) is 25.6. The highest BCUT2D eigenvalue weighted by Gasteiger charge is 2.23. The van der Waals surface area contributed by atoms with Gasteiger partial charge in [-0.05, 0) is 42.9 Å². The number of rotatable bonds is 6. The number of nitrogens with two attached hydrogens (primary N) is 1. The molecule has 5 nitrogen and oxygen atoms in total. The number of piperidine rings is 1. The van der Waals surface area contributed by atoms with Gasteiger partial charge in [-0.25, -0.2) is 0 Å². The van der Waals surface area contributed by atoms with Crippen LogP contribution in [-0.2, 0) is 11.2 Å². The fraction of sp³-hybridized carbons (Fsp3) is 0.333. The summed E-state index contributed by atoms with van der Waals surface area (Å²) in [5, 5.41) is 0. The Bertz CT molecular complexity index is 753. The average molecular weight is 352 g/mol. The number of carbonyl (C=O) groups is 2. The van der Waals surface area contributed by atoms with E-state index in [2.05, 4.69) is 24.3 Å². The summed E-state index contributed by atoms with van der Waals surface area (Å²) in [6.45, 7) is 1.42. The molecule has 2 aromatic carbocycles. The van der Waals surface area contributed by atoms with E-state index in [1.54, 1.807) is 24.3 Å². The maximum Gasteiger partial charge on any atom is 0.260 e. The summed E-state index contributed by atoms with van der Waals surface area (Å²) in [6, 6.07) is 17.2. The zero-order chi connectivity index (χ0) is 18.4. The molecule has 3 rings (SSSR count). The molecule has 0 radical (unpaired) electrons. The summed E-state index contributed by atoms with van der Waals surface area (Å²) >= 11 is 0. The third kappa shape index (κ3) is 4.63. The molecule has 0 aromatic heterocycles. The lowest BCUT2D eigenvalue weighted by Crippen LogP contribution is -2.41. The first kappa shape index (κ1) is 18.0. The Morgan fingerprint density at radius 3 is 2.35 bits per heavy atom. The largest absolute Gasteiger partial charge is 0.483 e. The maximum absolute atomic E-state index is 12.4. The fourth-order valence-electron chi connectivity index (χ4n) is 3.36. The lowest BCUT2D eigenvalue weighted by atomic mass is 9.90. The molecule has 0 spiro atoms. The Kier molecular flexibility index (Phi) is 5.89. The third-order valence-electron chi connectivity index (χ3n) is 4.84. The molecule has 2 amide bonds. The van der Waals surface area contributed by atoms with E-state index in [9.17, 15) is 9.59 Å². The van der Waals surface area contributed by atoms with Gasteiger partial charge in [0.05, 0.1) is 5.56 Å². The summed E-state index contributed by atoms with van der Waals surface area (Å²) in [6.07, 6.45) is 3.06. The third-order valence-corrected chi connectivity index (χ3v) is 4.84. The number of carbonyl (C=O) groups excluding carboxylic acids is 2. The highest BCUT2D eigenvalue weighted by Crippen LogP contribution is 2.22. The van der Waals surface area contributed by atoms with Crippen LogP contribution in [0.3, 0.4) is 0 Å². The molecule has 0 saturated carbocycles. The van der Waals surface area contributed by atoms with Gasteiger partial charge in [0.1, 0.15) is 5.75 Å². The Morgan fingerprint density at radius 2 is 1.65 bits per heavy atom. The highest BCUT2D eigenvalue weighted by atomic mass is 16.5. The van der Waals surface area contributed by atoms with E-state index in [4.69, 9.17) is 10.5 Å². The molecule has 1 saturated heterocycles. The summed E-state index contributed by atoms with van der Waals surface area (Å²) in [5.41, 5.74) is 6.97. The topological polar surface area (TPSA) is 72.6 Å². The molecule has 1 aliphatic rings. The minimum atomic E-state index is -0.560. The molecular weight excluding hydrogens is 328 g/mol. The Labute approximate surface area is 153 Å². The van der Waals surface area contributed by atoms with Crippen molar-refractivity contribution in [2.45, 2.75) is 19.3 Å². The Hall–Kier alpha value is -2.82. The second-order valence-electron chi connectivity index (χ2n) is 6.66. The second kappa shape index (κ2) is 8.52. The number of hydrogen-bond acceptors (Lipinski definition) is 3. The Morgan fingerprint density at radius 1 is 1.00 bits per heavy atom. The average Bonchev–Trinajstić information content (AvgIpc) is 2.67. The monoisotopic (exact) mass is 352 g/mol. The van der Waals surface area contributed by atoms with Gasteiger partial charge in [0.25, 0.3) is 11.8 Å². The minimum absolute atomic E-state index is 0.0533. The van der Waals surface area contributed by atoms with Crippen molar-refractivity contribution < 1.29 is 14.3 Å². The zero-order valence-electron chi connectivity index (χ0n) is 14.8. The van der Waals surface area contributed by atoms with E-state index in [1.807, 2.05) is 11.0 Å². The number of benzene rings is 2. The van der Waals surface area contributed by atoms with E-state index in [0.717, 1.165) is 32.4 Å². The highest BCUT2D eigenvalue weighted by molar-refractivity contribution is 5.95. The molecule has 1 heterocycles. The minimum Gasteiger partial charge on any atom is -0.483 e. The summed E-state index contributed by atoms with van der Waals surface area (Å²) in [7, 11) is 0. The lowest BCUT2D eigenvalue weighted by Gasteiger charge is -2.32. The van der Waals surface area contributed by atoms with Crippen LogP contribution >= 0.6 is 0 Å². The van der Waals surface area contributed by atoms with Crippen LogP contribution in [0.4, 0.5) is 0 Å². The molecule has 5 heteroatoms. The van der Waals surface area contributed by atoms with Gasteiger partial charge in [-0.1, -0.05) is 42.5 Å². The normalized spacial score (nSPS) is 14.8. The van der Waals surface area contributed by atoms with Gasteiger partial charge < -0.3 is 15.4 Å². The zero-order valence-corrected chi connectivity index (χ0v) is 14.8. The van der Waals surface area contributed by atoms with Crippen molar-refractivity contribution in [3.8, 4) is 5.75 Å². The predicted molar refractivity (Wildman–Crippen MR) is 99.9 cm³/mol. The molecule has 0 unspecified atom stereocenters. The molecule has 136 valence electrons. The van der Waals surface area contributed by atoms with Crippen LogP contribution in [0, 0.1) is 5.92 Å². The lowest BCUT2D eigenvalue weighted by molar-refractivity contribution is -0.134. The first-order valence-corrected chi connectivity index (χ1v) is 8.97. The molecule has 2 aromatic rings. The van der Waals surface area contributed by atoms with Crippen molar-refractivity contribution in [1.82, 2.24) is 4.90 Å². The van der Waals surface area contributed by atoms with Gasteiger partial charge in [-0.3, -0.25) is 9.59 Å². The van der Waals surface area contributed by atoms with E-state index < -0.39 is 5.91 Å². The Balaban J connectivity index is 1.48. The van der Waals surface area contributed by atoms with E-state index in [-0.39, 0.29) is 12.5 Å². The quantitative estimate of drug-likeness (QED) is 0.869. The van der Waals surface area contributed by atoms with Crippen molar-refractivity contribution in [2.24, 2.45) is 11.7 Å². The van der Waals surface area contributed by atoms with Gasteiger partial charge >= 0.3 is 0 Å². The molecule has 1 fully saturated rings. The van der Waals surface area contributed by atoms with Crippen LogP contribution in [0.5, 0.6) is 5.75 Å². The molecule has 0 bridgehead atoms. The fourth-order valence-corrected chi connectivity index (χ4v) is 3.36. The molecule has 0 aliphatic carbocycles. The second-order valence-corrected chi connectivity index (χ2v) is 6.66. The number of primary amides is 1. The number of nitrogens with zero attached hydrogens (tertiary/aromatic N) is 1. The molecule has 26 heavy (non-hydrogen) atoms. The van der Waals surface area contributed by atoms with Gasteiger partial charge in [0, 0.05) is 13.1 Å². The number of ether oxygens (including phenoxy) is 1. The van der Waals surface area contributed by atoms with E-state index in [1.165, 1.54) is 5.56 Å². The van der Waals surface area contributed by atoms with Crippen LogP contribution in [0.1, 0.15) is 28.8 Å². The van der Waals surface area contributed by atoms with Crippen molar-refractivity contribution >= 4 is 11.8 Å². The van der Waals surface area contributed by atoms with E-state index in [0.29, 0.717) is 17.2 Å². The van der Waals surface area contributed by atoms with Crippen molar-refractivity contribution in [3.63, 3.8) is 0 Å². The summed E-state index contributed by atoms with van der Waals surface area (Å²) < 4.78 is 5.54. The van der Waals surface area contributed by atoms with Crippen molar-refractivity contribution in [3.05, 3.63) is 65.7 Å². The SMILES string of the molecule is NC(=O)c1ccccc1OCC(=O)N1CCC(Cc2ccccc2)CC1. The molecule has 0 atom stereocenters. The van der Waals surface area contributed by atoms with Crippen LogP contribution < -0.4 is 10.5 Å². The predicted octanol–water partition coefficient (Wildman–Crippen LogP) is 2.65. The van der Waals surface area contributed by atoms with E-state index >= 15 is 0 Å². The van der Waals surface area contributed by atoms with Gasteiger partial charge in [-0.2, -0.15) is 0 Å². The number of hydrogen-bond donors (Lipinski definition) is 1. The number of para-hydroxylation sites is 1. The molecule has 2 N–H and O–H groups in total. The van der Waals surface area contributed by atoms with Crippen LogP contribution in [-0.4, -0.2) is 36.4 Å². The van der Waals surface area contributed by atoms with Gasteiger partial charge in [0.2, 0.25) is 0 Å². The standard InChI is InChI=1S/C21H24N2O3/c22-21(25)18-8-4-5-9-19(18)26-15-20(24)23-12-10-17(11-13-23)14-16-6-2-1-3-7-16/h1-9,17H,10-15H2,(H2,22,25). The van der Waals surface area contributed by atoms with Crippen molar-refractivity contribution in [1.29, 1.82) is 0 Å². The van der Waals surface area contributed by atoms with Crippen LogP contribution in [0.15, 0.2) is 54.6 Å². The summed E-state index contributed by atoms with van der Waals surface area (Å²) in [5.74, 6) is 0.350. The first-order chi connectivity index (χ1) is 12.6. The number of likely N-dealkylation sites (tertiary alicyclic amines) is 1.